The van der Waals surface area contributed by atoms with Crippen LogP contribution in [0.25, 0.3) is 0 Å². The second-order valence-electron chi connectivity index (χ2n) is 33.4. The molecule has 0 spiro atoms. The molecule has 19 heteroatoms. The lowest BCUT2D eigenvalue weighted by molar-refractivity contribution is -0.161. The summed E-state index contributed by atoms with van der Waals surface area (Å²) in [4.78, 5) is 73.3. The molecule has 0 aliphatic heterocycles. The highest BCUT2D eigenvalue weighted by Gasteiger charge is 2.31. The fourth-order valence-electron chi connectivity index (χ4n) is 13.8. The Morgan fingerprint density at radius 3 is 0.657 bits per heavy atom. The van der Waals surface area contributed by atoms with Crippen LogP contribution in [0.2, 0.25) is 0 Å². The van der Waals surface area contributed by atoms with E-state index in [0.717, 1.165) is 114 Å². The van der Waals surface area contributed by atoms with Gasteiger partial charge in [-0.1, -0.05) is 415 Å². The van der Waals surface area contributed by atoms with E-state index in [2.05, 4.69) is 55.4 Å². The van der Waals surface area contributed by atoms with Gasteiger partial charge in [0.15, 0.2) is 12.2 Å². The molecule has 0 saturated carbocycles. The summed E-state index contributed by atoms with van der Waals surface area (Å²) < 4.78 is 68.9. The Morgan fingerprint density at radius 1 is 0.259 bits per heavy atom. The van der Waals surface area contributed by atoms with E-state index in [0.29, 0.717) is 31.6 Å². The number of carbonyl (C=O) groups is 4. The van der Waals surface area contributed by atoms with E-state index in [1.165, 1.54) is 263 Å². The van der Waals surface area contributed by atoms with Crippen molar-refractivity contribution in [2.45, 2.75) is 485 Å². The minimum absolute atomic E-state index is 0.106. The quantitative estimate of drug-likeness (QED) is 0.0222. The third-order valence-corrected chi connectivity index (χ3v) is 23.4. The van der Waals surface area contributed by atoms with Gasteiger partial charge in [-0.05, 0) is 49.4 Å². The summed E-state index contributed by atoms with van der Waals surface area (Å²) in [6, 6.07) is 0. The second-order valence-corrected chi connectivity index (χ2v) is 36.3. The molecule has 0 saturated heterocycles. The van der Waals surface area contributed by atoms with Crippen LogP contribution in [0.1, 0.15) is 466 Å². The van der Waals surface area contributed by atoms with E-state index >= 15 is 0 Å². The van der Waals surface area contributed by atoms with Crippen molar-refractivity contribution in [2.24, 2.45) is 23.7 Å². The lowest BCUT2D eigenvalue weighted by Crippen LogP contribution is -2.30. The van der Waals surface area contributed by atoms with Gasteiger partial charge in [-0.15, -0.1) is 0 Å². The Kier molecular flexibility index (Phi) is 76.2. The lowest BCUT2D eigenvalue weighted by atomic mass is 9.99. The van der Waals surface area contributed by atoms with Crippen molar-refractivity contribution in [1.82, 2.24) is 0 Å². The third kappa shape index (κ3) is 79.3. The second kappa shape index (κ2) is 77.6. The van der Waals surface area contributed by atoms with Gasteiger partial charge in [-0.3, -0.25) is 37.3 Å². The molecule has 3 N–H and O–H groups in total. The molecule has 0 radical (unpaired) electrons. The normalized spacial score (nSPS) is 14.4. The Hall–Kier alpha value is -1.94. The lowest BCUT2D eigenvalue weighted by Gasteiger charge is -2.21. The summed E-state index contributed by atoms with van der Waals surface area (Å²) in [5.74, 6) is 1.11. The van der Waals surface area contributed by atoms with E-state index < -0.39 is 97.5 Å². The summed E-state index contributed by atoms with van der Waals surface area (Å²) in [5.41, 5.74) is 0. The summed E-state index contributed by atoms with van der Waals surface area (Å²) in [7, 11) is -9.93. The number of ether oxygens (including phenoxy) is 4. The van der Waals surface area contributed by atoms with Gasteiger partial charge in [-0.2, -0.15) is 0 Å². The number of hydrogen-bond acceptors (Lipinski definition) is 15. The van der Waals surface area contributed by atoms with Crippen LogP contribution in [0.3, 0.4) is 0 Å². The van der Waals surface area contributed by atoms with Crippen LogP contribution >= 0.6 is 15.6 Å². The van der Waals surface area contributed by atoms with Crippen molar-refractivity contribution in [1.29, 1.82) is 0 Å². The van der Waals surface area contributed by atoms with Gasteiger partial charge in [-0.25, -0.2) is 9.13 Å². The number of phosphoric ester groups is 2. The van der Waals surface area contributed by atoms with Gasteiger partial charge in [0.1, 0.15) is 19.3 Å². The average molecular weight is 1580 g/mol. The number of aliphatic hydroxyl groups excluding tert-OH is 1. The van der Waals surface area contributed by atoms with E-state index in [-0.39, 0.29) is 25.7 Å². The molecule has 7 atom stereocenters. The molecule has 0 fully saturated rings. The number of aliphatic hydroxyl groups is 1. The maximum atomic E-state index is 13.2. The molecule has 0 aliphatic carbocycles. The van der Waals surface area contributed by atoms with Crippen LogP contribution in [0.4, 0.5) is 0 Å². The first-order chi connectivity index (χ1) is 52.2. The smallest absolute Gasteiger partial charge is 0.462 e. The maximum Gasteiger partial charge on any atom is 0.472 e. The largest absolute Gasteiger partial charge is 0.472 e. The number of esters is 4. The Morgan fingerprint density at radius 2 is 0.444 bits per heavy atom. The fraction of sp³-hybridized carbons (Fsp3) is 0.955. The Bertz CT molecular complexity index is 2100. The molecule has 0 aliphatic rings. The molecule has 0 bridgehead atoms. The zero-order valence-electron chi connectivity index (χ0n) is 71.5. The molecular formula is C89H174O17P2. The van der Waals surface area contributed by atoms with Gasteiger partial charge in [0.05, 0.1) is 26.4 Å². The van der Waals surface area contributed by atoms with Gasteiger partial charge >= 0.3 is 39.5 Å². The van der Waals surface area contributed by atoms with Crippen molar-refractivity contribution < 1.29 is 80.2 Å². The number of phosphoric acid groups is 2. The van der Waals surface area contributed by atoms with Crippen molar-refractivity contribution in [3.8, 4) is 0 Å². The Balaban J connectivity index is 5.21. The molecule has 0 rings (SSSR count). The van der Waals surface area contributed by atoms with Crippen LogP contribution in [0.15, 0.2) is 0 Å². The maximum absolute atomic E-state index is 13.2. The fourth-order valence-corrected chi connectivity index (χ4v) is 15.4. The molecule has 0 heterocycles. The first kappa shape index (κ1) is 106. The van der Waals surface area contributed by atoms with Crippen LogP contribution in [-0.4, -0.2) is 96.7 Å². The molecule has 0 aromatic carbocycles. The SMILES string of the molecule is CCC(C)CCCCCCCCCCCCCCCCCCCCC(=O)OC[C@H](COP(=O)(O)OCC(O)COP(=O)(O)OC[C@@H](COC(=O)CCCCCCCCCC(C)C)OC(=O)CCCCCCCCCCCCCC(C)C)OC(=O)CCCCCCCCCCCCCCCCCCCCC(C)CC. The Labute approximate surface area is 664 Å². The molecule has 0 aromatic rings. The topological polar surface area (TPSA) is 237 Å². The molecule has 642 valence electrons. The molecule has 0 amide bonds. The van der Waals surface area contributed by atoms with Gasteiger partial charge in [0.25, 0.3) is 0 Å². The molecule has 17 nitrogen and oxygen atoms in total. The molecule has 5 unspecified atom stereocenters. The van der Waals surface area contributed by atoms with Crippen molar-refractivity contribution in [2.75, 3.05) is 39.6 Å². The molecule has 0 aromatic heterocycles. The van der Waals surface area contributed by atoms with Crippen LogP contribution in [-0.2, 0) is 65.4 Å². The number of carbonyl (C=O) groups excluding carboxylic acids is 4. The van der Waals surface area contributed by atoms with Crippen molar-refractivity contribution in [3.05, 3.63) is 0 Å². The summed E-state index contributed by atoms with van der Waals surface area (Å²) >= 11 is 0. The summed E-state index contributed by atoms with van der Waals surface area (Å²) in [5, 5.41) is 10.7. The summed E-state index contributed by atoms with van der Waals surface area (Å²) in [6.07, 6.45) is 68.2. The van der Waals surface area contributed by atoms with Crippen LogP contribution in [0, 0.1) is 23.7 Å². The first-order valence-corrected chi connectivity index (χ1v) is 48.8. The minimum atomic E-state index is -4.97. The standard InChI is InChI=1S/C89H174O17P2/c1-9-81(7)67-59-51-43-35-29-23-19-15-11-13-17-21-25-31-37-45-53-61-69-86(91)99-75-84(105-88(93)71-63-55-46-38-32-26-22-18-14-12-16-20-24-30-36-44-52-60-68-82(8)10-2)77-103-107(95,96)101-73-83(90)74-102-108(97,98)104-78-85(76-100-87(92)70-62-54-48-40-42-50-58-66-80(5)6)106-89(94)72-64-56-47-39-33-27-28-34-41-49-57-65-79(3)4/h79-85,90H,9-78H2,1-8H3,(H,95,96)(H,97,98)/t81?,82?,83?,84-,85-/m1/s1. The van der Waals surface area contributed by atoms with Crippen LogP contribution < -0.4 is 0 Å². The van der Waals surface area contributed by atoms with E-state index in [1.54, 1.807) is 0 Å². The monoisotopic (exact) mass is 1580 g/mol. The molecule has 108 heavy (non-hydrogen) atoms. The zero-order valence-corrected chi connectivity index (χ0v) is 73.3. The predicted molar refractivity (Wildman–Crippen MR) is 446 cm³/mol. The number of rotatable bonds is 86. The molecular weight excluding hydrogens is 1400 g/mol. The van der Waals surface area contributed by atoms with Gasteiger partial charge in [0, 0.05) is 25.7 Å². The number of unbranched alkanes of at least 4 members (excludes halogenated alkanes) is 50. The zero-order chi connectivity index (χ0) is 79.5. The highest BCUT2D eigenvalue weighted by Crippen LogP contribution is 2.45. The van der Waals surface area contributed by atoms with E-state index in [1.807, 2.05) is 0 Å². The average Bonchev–Trinajstić information content (AvgIpc) is 0.907. The van der Waals surface area contributed by atoms with Crippen LogP contribution in [0.5, 0.6) is 0 Å². The highest BCUT2D eigenvalue weighted by atomic mass is 31.2. The third-order valence-electron chi connectivity index (χ3n) is 21.5. The number of hydrogen-bond donors (Lipinski definition) is 3. The van der Waals surface area contributed by atoms with Gasteiger partial charge in [0.2, 0.25) is 0 Å². The first-order valence-electron chi connectivity index (χ1n) is 45.8. The highest BCUT2D eigenvalue weighted by molar-refractivity contribution is 7.47. The van der Waals surface area contributed by atoms with E-state index in [9.17, 15) is 43.2 Å². The van der Waals surface area contributed by atoms with Gasteiger partial charge < -0.3 is 33.8 Å². The van der Waals surface area contributed by atoms with Crippen molar-refractivity contribution in [3.63, 3.8) is 0 Å². The minimum Gasteiger partial charge on any atom is -0.462 e. The summed E-state index contributed by atoms with van der Waals surface area (Å²) in [6.45, 7) is 14.4. The van der Waals surface area contributed by atoms with Crippen molar-refractivity contribution >= 4 is 39.5 Å². The van der Waals surface area contributed by atoms with E-state index in [4.69, 9.17) is 37.0 Å². The predicted octanol–water partition coefficient (Wildman–Crippen LogP) is 27.1.